The van der Waals surface area contributed by atoms with E-state index < -0.39 is 17.9 Å². The molecule has 0 radical (unpaired) electrons. The maximum absolute atomic E-state index is 11.1. The molecule has 160 valence electrons. The lowest BCUT2D eigenvalue weighted by molar-refractivity contribution is -0.140. The van der Waals surface area contributed by atoms with Crippen LogP contribution in [-0.2, 0) is 14.4 Å². The molecule has 0 amide bonds. The van der Waals surface area contributed by atoms with Crippen LogP contribution in [0.2, 0.25) is 0 Å². The van der Waals surface area contributed by atoms with Crippen LogP contribution in [0.1, 0.15) is 0 Å². The molecule has 3 N–H and O–H groups in total. The average molecular weight is 466 g/mol. The van der Waals surface area contributed by atoms with Gasteiger partial charge < -0.3 is 15.3 Å². The number of carboxylic acids is 3. The van der Waals surface area contributed by atoms with Crippen LogP contribution < -0.4 is 0 Å². The van der Waals surface area contributed by atoms with Gasteiger partial charge in [-0.1, -0.05) is 0 Å². The van der Waals surface area contributed by atoms with Crippen molar-refractivity contribution in [2.24, 2.45) is 0 Å². The molecule has 1 aliphatic heterocycles. The van der Waals surface area contributed by atoms with Gasteiger partial charge in [0.25, 0.3) is 0 Å². The summed E-state index contributed by atoms with van der Waals surface area (Å²) in [7, 11) is 0. The van der Waals surface area contributed by atoms with Crippen molar-refractivity contribution in [2.45, 2.75) is 0 Å². The van der Waals surface area contributed by atoms with Crippen molar-refractivity contribution in [3.05, 3.63) is 0 Å². The fourth-order valence-corrected chi connectivity index (χ4v) is 2.88. The predicted molar refractivity (Wildman–Crippen MR) is 105 cm³/mol. The van der Waals surface area contributed by atoms with Gasteiger partial charge in [-0.15, -0.1) is 17.0 Å². The third-order valence-corrected chi connectivity index (χ3v) is 4.30. The zero-order valence-corrected chi connectivity index (χ0v) is 17.4. The summed E-state index contributed by atoms with van der Waals surface area (Å²) >= 11 is 0. The first kappa shape index (κ1) is 26.2. The average Bonchev–Trinajstić information content (AvgIpc) is 2.56. The minimum Gasteiger partial charge on any atom is -0.480 e. The molecule has 0 unspecified atom stereocenters. The predicted octanol–water partition coefficient (Wildman–Crippen LogP) is -1.44. The highest BCUT2D eigenvalue weighted by Gasteiger charge is 2.19. The maximum atomic E-state index is 11.1. The Hall–Kier alpha value is -1.78. The molecule has 0 aliphatic carbocycles. The maximum Gasteiger partial charge on any atom is 0.317 e. The van der Waals surface area contributed by atoms with E-state index in [1.807, 2.05) is 4.90 Å². The smallest absolute Gasteiger partial charge is 0.317 e. The Morgan fingerprint density at radius 3 is 1.11 bits per heavy atom. The fourth-order valence-electron chi connectivity index (χ4n) is 2.88. The van der Waals surface area contributed by atoms with Crippen LogP contribution in [0, 0.1) is 11.3 Å². The number of carboxylic acid groups (broad SMARTS) is 3. The van der Waals surface area contributed by atoms with E-state index in [1.54, 1.807) is 14.7 Å². The van der Waals surface area contributed by atoms with E-state index in [0.717, 1.165) is 0 Å². The van der Waals surface area contributed by atoms with Gasteiger partial charge in [0.15, 0.2) is 0 Å². The molecule has 0 bridgehead atoms. The first-order valence-electron chi connectivity index (χ1n) is 8.72. The zero-order valence-electron chi connectivity index (χ0n) is 15.7. The lowest BCUT2D eigenvalue weighted by Crippen LogP contribution is -2.48. The Bertz CT molecular complexity index is 526. The van der Waals surface area contributed by atoms with Crippen molar-refractivity contribution in [3.8, 4) is 6.07 Å². The number of halogens is 1. The minimum absolute atomic E-state index is 0. The zero-order chi connectivity index (χ0) is 20.2. The Morgan fingerprint density at radius 2 is 0.893 bits per heavy atom. The standard InChI is InChI=1S/C16H27N5O6.BrH/c17-1-2-18-3-5-19(11-14(22)23)7-9-21(13-16(26)27)10-8-20(6-4-18)12-15(24)25;/h2-13H2,(H,22,23)(H,24,25)(H,26,27);1H. The highest BCUT2D eigenvalue weighted by atomic mass is 79.9. The number of aliphatic carboxylic acids is 3. The highest BCUT2D eigenvalue weighted by Crippen LogP contribution is 2.01. The molecule has 0 aromatic carbocycles. The van der Waals surface area contributed by atoms with Gasteiger partial charge in [-0.25, -0.2) is 0 Å². The summed E-state index contributed by atoms with van der Waals surface area (Å²) in [5.41, 5.74) is 0. The number of carbonyl (C=O) groups is 3. The Morgan fingerprint density at radius 1 is 0.643 bits per heavy atom. The number of hydrogen-bond donors (Lipinski definition) is 3. The highest BCUT2D eigenvalue weighted by molar-refractivity contribution is 8.93. The number of nitrogens with zero attached hydrogens (tertiary/aromatic N) is 5. The van der Waals surface area contributed by atoms with Gasteiger partial charge in [0.1, 0.15) is 0 Å². The van der Waals surface area contributed by atoms with Crippen molar-refractivity contribution in [1.82, 2.24) is 19.6 Å². The van der Waals surface area contributed by atoms with Crippen molar-refractivity contribution >= 4 is 34.9 Å². The molecule has 1 aliphatic rings. The minimum atomic E-state index is -0.989. The summed E-state index contributed by atoms with van der Waals surface area (Å²) < 4.78 is 0. The van der Waals surface area contributed by atoms with E-state index >= 15 is 0 Å². The molecule has 28 heavy (non-hydrogen) atoms. The van der Waals surface area contributed by atoms with Crippen LogP contribution in [-0.4, -0.2) is 131 Å². The van der Waals surface area contributed by atoms with Crippen molar-refractivity contribution < 1.29 is 29.7 Å². The van der Waals surface area contributed by atoms with E-state index in [9.17, 15) is 14.4 Å². The van der Waals surface area contributed by atoms with Gasteiger partial charge in [0, 0.05) is 52.4 Å². The van der Waals surface area contributed by atoms with Gasteiger partial charge in [-0.3, -0.25) is 34.0 Å². The normalized spacial score (nSPS) is 18.8. The van der Waals surface area contributed by atoms with Crippen LogP contribution in [0.5, 0.6) is 0 Å². The second kappa shape index (κ2) is 14.3. The summed E-state index contributed by atoms with van der Waals surface area (Å²) in [6, 6.07) is 2.07. The third kappa shape index (κ3) is 11.8. The summed E-state index contributed by atoms with van der Waals surface area (Å²) in [6.45, 7) is 2.92. The van der Waals surface area contributed by atoms with Crippen molar-refractivity contribution in [3.63, 3.8) is 0 Å². The molecule has 1 saturated heterocycles. The van der Waals surface area contributed by atoms with Crippen LogP contribution in [0.25, 0.3) is 0 Å². The second-order valence-corrected chi connectivity index (χ2v) is 6.44. The SMILES string of the molecule is Br.N#CCN1CCN(CC(=O)O)CCN(CC(=O)O)CCN(CC(=O)O)CC1. The van der Waals surface area contributed by atoms with E-state index in [0.29, 0.717) is 52.4 Å². The Kier molecular flexibility index (Phi) is 13.3. The van der Waals surface area contributed by atoms with Gasteiger partial charge in [-0.2, -0.15) is 5.26 Å². The van der Waals surface area contributed by atoms with E-state index in [2.05, 4.69) is 6.07 Å². The summed E-state index contributed by atoms with van der Waals surface area (Å²) in [5, 5.41) is 36.2. The van der Waals surface area contributed by atoms with E-state index in [-0.39, 0.29) is 43.2 Å². The molecule has 0 aromatic rings. The molecular weight excluding hydrogens is 438 g/mol. The van der Waals surface area contributed by atoms with Crippen molar-refractivity contribution in [1.29, 1.82) is 5.26 Å². The lowest BCUT2D eigenvalue weighted by Gasteiger charge is -2.32. The molecule has 1 fully saturated rings. The van der Waals surface area contributed by atoms with Crippen LogP contribution in [0.15, 0.2) is 0 Å². The third-order valence-electron chi connectivity index (χ3n) is 4.30. The van der Waals surface area contributed by atoms with E-state index in [1.165, 1.54) is 0 Å². The molecule has 0 aromatic heterocycles. The summed E-state index contributed by atoms with van der Waals surface area (Å²) in [5.74, 6) is -2.92. The first-order chi connectivity index (χ1) is 12.8. The van der Waals surface area contributed by atoms with Crippen LogP contribution in [0.4, 0.5) is 0 Å². The fraction of sp³-hybridized carbons (Fsp3) is 0.750. The molecule has 11 nitrogen and oxygen atoms in total. The van der Waals surface area contributed by atoms with E-state index in [4.69, 9.17) is 20.6 Å². The quantitative estimate of drug-likeness (QED) is 0.379. The summed E-state index contributed by atoms with van der Waals surface area (Å²) in [4.78, 5) is 40.2. The van der Waals surface area contributed by atoms with Gasteiger partial charge in [0.05, 0.1) is 32.2 Å². The van der Waals surface area contributed by atoms with Gasteiger partial charge in [-0.05, 0) is 0 Å². The monoisotopic (exact) mass is 465 g/mol. The van der Waals surface area contributed by atoms with Crippen molar-refractivity contribution in [2.75, 3.05) is 78.5 Å². The topological polar surface area (TPSA) is 149 Å². The molecule has 12 heteroatoms. The molecule has 0 atom stereocenters. The largest absolute Gasteiger partial charge is 0.480 e. The van der Waals surface area contributed by atoms with Gasteiger partial charge in [0.2, 0.25) is 0 Å². The molecule has 0 spiro atoms. The first-order valence-corrected chi connectivity index (χ1v) is 8.72. The number of nitriles is 1. The number of rotatable bonds is 7. The van der Waals surface area contributed by atoms with Crippen LogP contribution in [0.3, 0.4) is 0 Å². The summed E-state index contributed by atoms with van der Waals surface area (Å²) in [6.07, 6.45) is 0. The lowest BCUT2D eigenvalue weighted by atomic mass is 10.3. The molecule has 1 rings (SSSR count). The molecule has 0 saturated carbocycles. The van der Waals surface area contributed by atoms with Gasteiger partial charge >= 0.3 is 17.9 Å². The Labute approximate surface area is 174 Å². The number of hydrogen-bond acceptors (Lipinski definition) is 8. The molecular formula is C16H28BrN5O6. The second-order valence-electron chi connectivity index (χ2n) is 6.44. The Balaban J connectivity index is 0.00000729. The molecule has 1 heterocycles. The van der Waals surface area contributed by atoms with Crippen LogP contribution >= 0.6 is 17.0 Å².